The van der Waals surface area contributed by atoms with Crippen LogP contribution in [-0.4, -0.2) is 27.5 Å². The van der Waals surface area contributed by atoms with E-state index in [1.54, 1.807) is 12.1 Å². The molecule has 1 aliphatic rings. The first kappa shape index (κ1) is 18.1. The van der Waals surface area contributed by atoms with Crippen LogP contribution < -0.4 is 14.2 Å². The second kappa shape index (κ2) is 7.25. The van der Waals surface area contributed by atoms with Crippen LogP contribution in [0.3, 0.4) is 0 Å². The summed E-state index contributed by atoms with van der Waals surface area (Å²) in [4.78, 5) is 11.9. The first-order valence-corrected chi connectivity index (χ1v) is 10.00. The lowest BCUT2D eigenvalue weighted by Gasteiger charge is -2.19. The number of benzene rings is 1. The first-order valence-electron chi connectivity index (χ1n) is 6.94. The Kier molecular flexibility index (Phi) is 5.24. The number of rotatable bonds is 4. The molecule has 132 valence electrons. The molecule has 2 heterocycles. The maximum Gasteiger partial charge on any atom is 0.273 e. The molecule has 0 unspecified atom stereocenters. The predicted molar refractivity (Wildman–Crippen MR) is 96.1 cm³/mol. The van der Waals surface area contributed by atoms with Gasteiger partial charge in [0.25, 0.3) is 15.9 Å². The summed E-state index contributed by atoms with van der Waals surface area (Å²) in [5, 5.41) is 0.345. The molecule has 1 aromatic carbocycles. The van der Waals surface area contributed by atoms with Gasteiger partial charge >= 0.3 is 0 Å². The van der Waals surface area contributed by atoms with Crippen LogP contribution in [0.2, 0.25) is 9.36 Å². The molecule has 0 saturated heterocycles. The third-order valence-electron chi connectivity index (χ3n) is 3.09. The lowest BCUT2D eigenvalue weighted by atomic mass is 10.2. The molecule has 3 rings (SSSR count). The molecule has 25 heavy (non-hydrogen) atoms. The van der Waals surface area contributed by atoms with Crippen LogP contribution in [0.15, 0.2) is 34.6 Å². The van der Waals surface area contributed by atoms with Crippen LogP contribution in [0, 0.1) is 0 Å². The van der Waals surface area contributed by atoms with Gasteiger partial charge in [-0.1, -0.05) is 23.2 Å². The molecule has 6 nitrogen and oxygen atoms in total. The quantitative estimate of drug-likeness (QED) is 0.768. The predicted octanol–water partition coefficient (Wildman–Crippen LogP) is 3.34. The van der Waals surface area contributed by atoms with E-state index >= 15 is 0 Å². The van der Waals surface area contributed by atoms with Gasteiger partial charge in [0.1, 0.15) is 17.4 Å². The fourth-order valence-electron chi connectivity index (χ4n) is 2.06. The first-order chi connectivity index (χ1) is 11.8. The van der Waals surface area contributed by atoms with Gasteiger partial charge in [-0.15, -0.1) is 11.3 Å². The van der Waals surface area contributed by atoms with Gasteiger partial charge in [-0.3, -0.25) is 4.79 Å². The Bertz CT molecular complexity index is 953. The average molecular weight is 420 g/mol. The van der Waals surface area contributed by atoms with Gasteiger partial charge in [0.2, 0.25) is 0 Å². The van der Waals surface area contributed by atoms with Gasteiger partial charge < -0.3 is 9.47 Å². The Balaban J connectivity index is 1.74. The Morgan fingerprint density at radius 2 is 1.96 bits per heavy atom. The highest BCUT2D eigenvalue weighted by Gasteiger charge is 2.19. The number of hydrogen-bond acceptors (Lipinski definition) is 6. The van der Waals surface area contributed by atoms with Crippen molar-refractivity contribution in [3.63, 3.8) is 0 Å². The Hall–Kier alpha value is -1.74. The second-order valence-corrected chi connectivity index (χ2v) is 8.92. The van der Waals surface area contributed by atoms with Gasteiger partial charge in [-0.2, -0.15) is 0 Å². The molecule has 0 radical (unpaired) electrons. The maximum absolute atomic E-state index is 12.0. The minimum Gasteiger partial charge on any atom is -0.486 e. The van der Waals surface area contributed by atoms with Gasteiger partial charge in [0.05, 0.1) is 9.36 Å². The zero-order valence-corrected chi connectivity index (χ0v) is 15.6. The summed E-state index contributed by atoms with van der Waals surface area (Å²) in [6.07, 6.45) is 2.52. The number of carbonyl (C=O) groups excluding carboxylic acids is 1. The van der Waals surface area contributed by atoms with Crippen LogP contribution in [0.4, 0.5) is 0 Å². The third kappa shape index (κ3) is 4.27. The van der Waals surface area contributed by atoms with Crippen LogP contribution in [-0.2, 0) is 14.8 Å². The molecule has 10 heteroatoms. The number of hydrogen-bond donors (Lipinski definition) is 1. The Morgan fingerprint density at radius 1 is 1.20 bits per heavy atom. The normalized spacial score (nSPS) is 13.8. The lowest BCUT2D eigenvalue weighted by molar-refractivity contribution is -0.114. The standard InChI is InChI=1S/C15H11Cl2NO5S2/c16-10-7-9(8-11-15(10)23-6-5-22-11)1-3-13(19)18-25(20,21)14-4-2-12(17)24-14/h1-4,7-8H,5-6H2,(H,18,19). The molecular formula is C15H11Cl2NO5S2. The summed E-state index contributed by atoms with van der Waals surface area (Å²) < 4.78 is 37.1. The van der Waals surface area contributed by atoms with Gasteiger partial charge in [-0.05, 0) is 35.9 Å². The van der Waals surface area contributed by atoms with E-state index < -0.39 is 15.9 Å². The number of amides is 1. The van der Waals surface area contributed by atoms with Crippen molar-refractivity contribution in [1.29, 1.82) is 0 Å². The molecular weight excluding hydrogens is 409 g/mol. The Morgan fingerprint density at radius 3 is 2.68 bits per heavy atom. The number of ether oxygens (including phenoxy) is 2. The molecule has 1 N–H and O–H groups in total. The summed E-state index contributed by atoms with van der Waals surface area (Å²) in [5.41, 5.74) is 0.570. The van der Waals surface area contributed by atoms with E-state index in [-0.39, 0.29) is 4.21 Å². The van der Waals surface area contributed by atoms with Gasteiger partial charge in [-0.25, -0.2) is 13.1 Å². The molecule has 0 bridgehead atoms. The highest BCUT2D eigenvalue weighted by molar-refractivity contribution is 7.92. The smallest absolute Gasteiger partial charge is 0.273 e. The largest absolute Gasteiger partial charge is 0.486 e. The van der Waals surface area contributed by atoms with Crippen molar-refractivity contribution in [3.05, 3.63) is 45.3 Å². The molecule has 0 spiro atoms. The van der Waals surface area contributed by atoms with Crippen LogP contribution in [0.5, 0.6) is 11.5 Å². The van der Waals surface area contributed by atoms with E-state index in [0.717, 1.165) is 17.4 Å². The average Bonchev–Trinajstić information content (AvgIpc) is 3.00. The zero-order chi connectivity index (χ0) is 18.0. The highest BCUT2D eigenvalue weighted by Crippen LogP contribution is 2.38. The fourth-order valence-corrected chi connectivity index (χ4v) is 4.76. The van der Waals surface area contributed by atoms with Gasteiger partial charge in [0.15, 0.2) is 11.5 Å². The second-order valence-electron chi connectivity index (χ2n) is 4.89. The van der Waals surface area contributed by atoms with Crippen molar-refractivity contribution in [2.45, 2.75) is 4.21 Å². The molecule has 0 fully saturated rings. The number of nitrogens with one attached hydrogen (secondary N) is 1. The van der Waals surface area contributed by atoms with E-state index in [4.69, 9.17) is 32.7 Å². The van der Waals surface area contributed by atoms with Crippen molar-refractivity contribution in [2.75, 3.05) is 13.2 Å². The number of halogens is 2. The van der Waals surface area contributed by atoms with Gasteiger partial charge in [0, 0.05) is 6.08 Å². The molecule has 1 amide bonds. The summed E-state index contributed by atoms with van der Waals surface area (Å²) >= 11 is 12.7. The summed E-state index contributed by atoms with van der Waals surface area (Å²) in [6.45, 7) is 0.813. The maximum atomic E-state index is 12.0. The van der Waals surface area contributed by atoms with Crippen LogP contribution in [0.1, 0.15) is 5.56 Å². The monoisotopic (exact) mass is 419 g/mol. The summed E-state index contributed by atoms with van der Waals surface area (Å²) in [7, 11) is -3.95. The number of thiophene rings is 1. The molecule has 0 saturated carbocycles. The minimum absolute atomic E-state index is 0.0402. The molecule has 1 aromatic heterocycles. The topological polar surface area (TPSA) is 81.7 Å². The van der Waals surface area contributed by atoms with Crippen LogP contribution >= 0.6 is 34.5 Å². The van der Waals surface area contributed by atoms with Crippen molar-refractivity contribution < 1.29 is 22.7 Å². The van der Waals surface area contributed by atoms with Crippen LogP contribution in [0.25, 0.3) is 6.08 Å². The van der Waals surface area contributed by atoms with E-state index in [9.17, 15) is 13.2 Å². The van der Waals surface area contributed by atoms with E-state index in [1.807, 2.05) is 4.72 Å². The molecule has 0 atom stereocenters. The lowest BCUT2D eigenvalue weighted by Crippen LogP contribution is -2.28. The zero-order valence-electron chi connectivity index (χ0n) is 12.5. The summed E-state index contributed by atoms with van der Waals surface area (Å²) in [5.74, 6) is 0.127. The highest BCUT2D eigenvalue weighted by atomic mass is 35.5. The van der Waals surface area contributed by atoms with E-state index in [0.29, 0.717) is 39.6 Å². The van der Waals surface area contributed by atoms with E-state index in [1.165, 1.54) is 18.2 Å². The van der Waals surface area contributed by atoms with Crippen molar-refractivity contribution >= 4 is 56.5 Å². The van der Waals surface area contributed by atoms with E-state index in [2.05, 4.69) is 0 Å². The summed E-state index contributed by atoms with van der Waals surface area (Å²) in [6, 6.07) is 6.01. The SMILES string of the molecule is O=C(C=Cc1cc(Cl)c2c(c1)OCCO2)NS(=O)(=O)c1ccc(Cl)s1. The molecule has 2 aromatic rings. The number of sulfonamides is 1. The number of fused-ring (bicyclic) bond motifs is 1. The van der Waals surface area contributed by atoms with Crippen molar-refractivity contribution in [1.82, 2.24) is 4.72 Å². The molecule has 0 aliphatic carbocycles. The fraction of sp³-hybridized carbons (Fsp3) is 0.133. The third-order valence-corrected chi connectivity index (χ3v) is 6.45. The minimum atomic E-state index is -3.95. The van der Waals surface area contributed by atoms with Crippen molar-refractivity contribution in [2.24, 2.45) is 0 Å². The molecule has 1 aliphatic heterocycles. The Labute approximate surface area is 158 Å². The van der Waals surface area contributed by atoms with Crippen molar-refractivity contribution in [3.8, 4) is 11.5 Å². The number of carbonyl (C=O) groups is 1.